The van der Waals surface area contributed by atoms with E-state index in [1.165, 1.54) is 10.9 Å². The van der Waals surface area contributed by atoms with Gasteiger partial charge in [-0.25, -0.2) is 15.0 Å². The number of nitrogens with two attached hydrogens (primary N) is 1. The van der Waals surface area contributed by atoms with E-state index in [0.29, 0.717) is 23.7 Å². The Morgan fingerprint density at radius 3 is 2.63 bits per heavy atom. The third kappa shape index (κ3) is 4.15. The average molecular weight is 479 g/mol. The van der Waals surface area contributed by atoms with Crippen LogP contribution in [-0.4, -0.2) is 66.9 Å². The lowest BCUT2D eigenvalue weighted by molar-refractivity contribution is -0.0501. The molecule has 0 amide bonds. The van der Waals surface area contributed by atoms with Crippen molar-refractivity contribution >= 4 is 22.9 Å². The Hall–Kier alpha value is -3.77. The number of aliphatic hydroxyl groups excluding tert-OH is 3. The third-order valence-electron chi connectivity index (χ3n) is 6.08. The Labute approximate surface area is 200 Å². The summed E-state index contributed by atoms with van der Waals surface area (Å²) in [5.74, 6) is 1.20. The van der Waals surface area contributed by atoms with Gasteiger partial charge in [-0.2, -0.15) is 0 Å². The summed E-state index contributed by atoms with van der Waals surface area (Å²) in [4.78, 5) is 12.8. The Bertz CT molecular complexity index is 1330. The van der Waals surface area contributed by atoms with E-state index in [0.717, 1.165) is 22.4 Å². The number of hydrogen-bond donors (Lipinski definition) is 5. The highest BCUT2D eigenvalue weighted by atomic mass is 16.6. The number of fused-ring (bicyclic) bond motifs is 1. The normalized spacial score (nSPS) is 21.9. The quantitative estimate of drug-likeness (QED) is 0.262. The van der Waals surface area contributed by atoms with Crippen molar-refractivity contribution in [2.75, 3.05) is 24.8 Å². The molecular weight excluding hydrogens is 452 g/mol. The lowest BCUT2D eigenvalue weighted by Gasteiger charge is -2.20. The van der Waals surface area contributed by atoms with Gasteiger partial charge in [0.25, 0.3) is 0 Å². The van der Waals surface area contributed by atoms with Gasteiger partial charge >= 0.3 is 0 Å². The molecule has 182 valence electrons. The van der Waals surface area contributed by atoms with Crippen molar-refractivity contribution in [1.82, 2.24) is 19.5 Å². The van der Waals surface area contributed by atoms with E-state index in [1.807, 2.05) is 48.5 Å². The summed E-state index contributed by atoms with van der Waals surface area (Å²) in [7, 11) is 1.63. The second-order valence-electron chi connectivity index (χ2n) is 8.22. The van der Waals surface area contributed by atoms with Gasteiger partial charge in [0.2, 0.25) is 5.95 Å². The van der Waals surface area contributed by atoms with Crippen molar-refractivity contribution < 1.29 is 24.8 Å². The second kappa shape index (κ2) is 9.47. The molecule has 1 fully saturated rings. The van der Waals surface area contributed by atoms with Crippen LogP contribution in [-0.2, 0) is 11.3 Å². The van der Waals surface area contributed by atoms with E-state index in [9.17, 15) is 15.3 Å². The summed E-state index contributed by atoms with van der Waals surface area (Å²) < 4.78 is 12.9. The number of aromatic nitrogens is 4. The Morgan fingerprint density at radius 1 is 1.11 bits per heavy atom. The van der Waals surface area contributed by atoms with Crippen LogP contribution in [0.2, 0.25) is 0 Å². The molecule has 4 aromatic rings. The first-order valence-corrected chi connectivity index (χ1v) is 11.1. The SMILES string of the molecule is COc1cc(CNc2nc3c(N)ncnc3n2[C@@H]2O[C@H](CO)[C@@H](O)[C@H]2O)ccc1-c1ccccc1. The Balaban J connectivity index is 1.47. The number of benzene rings is 2. The molecule has 2 aromatic heterocycles. The summed E-state index contributed by atoms with van der Waals surface area (Å²) in [5, 5.41) is 33.6. The predicted molar refractivity (Wildman–Crippen MR) is 129 cm³/mol. The molecule has 1 aliphatic rings. The molecule has 4 atom stereocenters. The van der Waals surface area contributed by atoms with E-state index in [2.05, 4.69) is 20.3 Å². The van der Waals surface area contributed by atoms with Crippen LogP contribution in [0.1, 0.15) is 11.8 Å². The summed E-state index contributed by atoms with van der Waals surface area (Å²) in [6, 6.07) is 15.8. The van der Waals surface area contributed by atoms with Crippen molar-refractivity contribution in [2.24, 2.45) is 0 Å². The number of imidazole rings is 1. The van der Waals surface area contributed by atoms with Crippen LogP contribution in [0.5, 0.6) is 5.75 Å². The van der Waals surface area contributed by atoms with Crippen LogP contribution in [0, 0.1) is 0 Å². The number of hydrogen-bond acceptors (Lipinski definition) is 10. The Morgan fingerprint density at radius 2 is 1.91 bits per heavy atom. The first kappa shape index (κ1) is 23.0. The van der Waals surface area contributed by atoms with Gasteiger partial charge in [-0.05, 0) is 17.2 Å². The highest BCUT2D eigenvalue weighted by molar-refractivity contribution is 5.84. The van der Waals surface area contributed by atoms with Crippen LogP contribution in [0.4, 0.5) is 11.8 Å². The van der Waals surface area contributed by atoms with Crippen LogP contribution < -0.4 is 15.8 Å². The predicted octanol–water partition coefficient (Wildman–Crippen LogP) is 1.31. The standard InChI is InChI=1S/C24H26N6O5/c1-34-16-9-13(7-8-15(16)14-5-3-2-4-6-14)10-26-24-29-18-21(25)27-12-28-22(18)30(24)23-20(33)19(32)17(11-31)35-23/h2-9,12,17,19-20,23,31-33H,10-11H2,1H3,(H,26,29)(H2,25,27,28)/t17-,19-,20-,23-/m1/s1. The maximum absolute atomic E-state index is 10.6. The van der Waals surface area contributed by atoms with E-state index >= 15 is 0 Å². The fourth-order valence-corrected chi connectivity index (χ4v) is 4.27. The van der Waals surface area contributed by atoms with Crippen LogP contribution in [0.3, 0.4) is 0 Å². The largest absolute Gasteiger partial charge is 0.496 e. The molecule has 0 saturated carbocycles. The molecule has 11 heteroatoms. The lowest BCUT2D eigenvalue weighted by Crippen LogP contribution is -2.33. The number of nitrogens with zero attached hydrogens (tertiary/aromatic N) is 4. The van der Waals surface area contributed by atoms with Gasteiger partial charge in [0.05, 0.1) is 13.7 Å². The molecule has 1 saturated heterocycles. The van der Waals surface area contributed by atoms with Gasteiger partial charge in [-0.3, -0.25) is 4.57 Å². The molecule has 3 heterocycles. The molecule has 0 radical (unpaired) electrons. The van der Waals surface area contributed by atoms with Gasteiger partial charge in [0, 0.05) is 12.1 Å². The molecule has 11 nitrogen and oxygen atoms in total. The maximum atomic E-state index is 10.6. The van der Waals surface area contributed by atoms with Gasteiger partial charge in [0.1, 0.15) is 30.4 Å². The highest BCUT2D eigenvalue weighted by Crippen LogP contribution is 2.36. The van der Waals surface area contributed by atoms with E-state index in [-0.39, 0.29) is 5.82 Å². The van der Waals surface area contributed by atoms with Crippen molar-refractivity contribution in [3.63, 3.8) is 0 Å². The first-order valence-electron chi connectivity index (χ1n) is 11.1. The average Bonchev–Trinajstić information content (AvgIpc) is 3.40. The number of methoxy groups -OCH3 is 1. The van der Waals surface area contributed by atoms with Crippen LogP contribution >= 0.6 is 0 Å². The zero-order valence-electron chi connectivity index (χ0n) is 18.9. The van der Waals surface area contributed by atoms with E-state index in [1.54, 1.807) is 7.11 Å². The molecule has 0 unspecified atom stereocenters. The minimum Gasteiger partial charge on any atom is -0.496 e. The highest BCUT2D eigenvalue weighted by Gasteiger charge is 2.45. The second-order valence-corrected chi connectivity index (χ2v) is 8.22. The molecule has 6 N–H and O–H groups in total. The minimum atomic E-state index is -1.31. The first-order chi connectivity index (χ1) is 17.0. The van der Waals surface area contributed by atoms with Crippen LogP contribution in [0.25, 0.3) is 22.3 Å². The number of anilines is 2. The number of ether oxygens (including phenoxy) is 2. The molecule has 1 aliphatic heterocycles. The number of aliphatic hydroxyl groups is 3. The third-order valence-corrected chi connectivity index (χ3v) is 6.08. The summed E-state index contributed by atoms with van der Waals surface area (Å²) >= 11 is 0. The van der Waals surface area contributed by atoms with Crippen molar-refractivity contribution in [3.05, 3.63) is 60.4 Å². The molecular formula is C24H26N6O5. The summed E-state index contributed by atoms with van der Waals surface area (Å²) in [6.45, 7) is -0.0916. The monoisotopic (exact) mass is 478 g/mol. The van der Waals surface area contributed by atoms with E-state index in [4.69, 9.17) is 15.2 Å². The number of rotatable bonds is 7. The molecule has 0 spiro atoms. The molecule has 35 heavy (non-hydrogen) atoms. The maximum Gasteiger partial charge on any atom is 0.207 e. The smallest absolute Gasteiger partial charge is 0.207 e. The zero-order chi connectivity index (χ0) is 24.5. The number of nitrogen functional groups attached to an aromatic ring is 1. The fraction of sp³-hybridized carbons (Fsp3) is 0.292. The molecule has 2 aromatic carbocycles. The summed E-state index contributed by atoms with van der Waals surface area (Å²) in [6.07, 6.45) is -3.29. The van der Waals surface area contributed by atoms with Gasteiger partial charge in [-0.15, -0.1) is 0 Å². The molecule has 0 aliphatic carbocycles. The van der Waals surface area contributed by atoms with Gasteiger partial charge in [-0.1, -0.05) is 42.5 Å². The van der Waals surface area contributed by atoms with Gasteiger partial charge < -0.3 is 35.8 Å². The van der Waals surface area contributed by atoms with Crippen LogP contribution in [0.15, 0.2) is 54.9 Å². The number of nitrogens with one attached hydrogen (secondary N) is 1. The molecule has 0 bridgehead atoms. The topological polar surface area (TPSA) is 161 Å². The van der Waals surface area contributed by atoms with Crippen molar-refractivity contribution in [1.29, 1.82) is 0 Å². The summed E-state index contributed by atoms with van der Waals surface area (Å²) in [5.41, 5.74) is 9.59. The lowest BCUT2D eigenvalue weighted by atomic mass is 10.0. The van der Waals surface area contributed by atoms with Crippen molar-refractivity contribution in [2.45, 2.75) is 31.1 Å². The van der Waals surface area contributed by atoms with E-state index < -0.39 is 31.1 Å². The van der Waals surface area contributed by atoms with Gasteiger partial charge in [0.15, 0.2) is 23.2 Å². The zero-order valence-corrected chi connectivity index (χ0v) is 18.9. The fourth-order valence-electron chi connectivity index (χ4n) is 4.27. The van der Waals surface area contributed by atoms with Crippen molar-refractivity contribution in [3.8, 4) is 16.9 Å². The minimum absolute atomic E-state index is 0.164. The Kier molecular flexibility index (Phi) is 6.22. The molecule has 5 rings (SSSR count).